The highest BCUT2D eigenvalue weighted by Crippen LogP contribution is 2.23. The summed E-state index contributed by atoms with van der Waals surface area (Å²) in [7, 11) is 0. The van der Waals surface area contributed by atoms with E-state index < -0.39 is 0 Å². The minimum Gasteiger partial charge on any atom is -0.302 e. The SMILES string of the molecule is Brc1ccc(CN2CCCC2CN2CCCC2)cc1. The second-order valence-corrected chi connectivity index (χ2v) is 6.82. The summed E-state index contributed by atoms with van der Waals surface area (Å²) < 4.78 is 1.17. The Hall–Kier alpha value is -0.380. The van der Waals surface area contributed by atoms with E-state index in [4.69, 9.17) is 0 Å². The lowest BCUT2D eigenvalue weighted by molar-refractivity contribution is 0.185. The zero-order valence-corrected chi connectivity index (χ0v) is 13.1. The highest BCUT2D eigenvalue weighted by Gasteiger charge is 2.27. The van der Waals surface area contributed by atoms with E-state index in [0.29, 0.717) is 0 Å². The first-order valence-electron chi connectivity index (χ1n) is 7.52. The van der Waals surface area contributed by atoms with Crippen LogP contribution in [-0.4, -0.2) is 42.0 Å². The molecule has 0 saturated carbocycles. The fourth-order valence-corrected chi connectivity index (χ4v) is 3.66. The average Bonchev–Trinajstić information content (AvgIpc) is 3.06. The number of nitrogens with zero attached hydrogens (tertiary/aromatic N) is 2. The molecular weight excluding hydrogens is 300 g/mol. The summed E-state index contributed by atoms with van der Waals surface area (Å²) in [6.07, 6.45) is 5.56. The minimum atomic E-state index is 0.779. The van der Waals surface area contributed by atoms with Gasteiger partial charge in [0.2, 0.25) is 0 Å². The molecule has 1 atom stereocenters. The molecule has 2 aliphatic rings. The highest BCUT2D eigenvalue weighted by molar-refractivity contribution is 9.10. The Morgan fingerprint density at radius 2 is 1.74 bits per heavy atom. The predicted octanol–water partition coefficient (Wildman–Crippen LogP) is 3.51. The topological polar surface area (TPSA) is 6.48 Å². The number of rotatable bonds is 4. The minimum absolute atomic E-state index is 0.779. The predicted molar refractivity (Wildman–Crippen MR) is 83.2 cm³/mol. The maximum Gasteiger partial charge on any atom is 0.0237 e. The van der Waals surface area contributed by atoms with Gasteiger partial charge >= 0.3 is 0 Å². The molecule has 2 nitrogen and oxygen atoms in total. The number of likely N-dealkylation sites (tertiary alicyclic amines) is 2. The van der Waals surface area contributed by atoms with Crippen molar-refractivity contribution in [3.63, 3.8) is 0 Å². The van der Waals surface area contributed by atoms with Gasteiger partial charge in [-0.1, -0.05) is 28.1 Å². The van der Waals surface area contributed by atoms with Crippen molar-refractivity contribution < 1.29 is 0 Å². The zero-order chi connectivity index (χ0) is 13.1. The van der Waals surface area contributed by atoms with Crippen LogP contribution in [0.1, 0.15) is 31.2 Å². The largest absolute Gasteiger partial charge is 0.302 e. The summed E-state index contributed by atoms with van der Waals surface area (Å²) >= 11 is 3.51. The van der Waals surface area contributed by atoms with E-state index in [1.54, 1.807) is 0 Å². The zero-order valence-electron chi connectivity index (χ0n) is 11.5. The van der Waals surface area contributed by atoms with Crippen molar-refractivity contribution >= 4 is 15.9 Å². The van der Waals surface area contributed by atoms with Crippen molar-refractivity contribution in [3.05, 3.63) is 34.3 Å². The standard InChI is InChI=1S/C16H23BrN2/c17-15-7-5-14(6-8-15)12-19-11-3-4-16(19)13-18-9-1-2-10-18/h5-8,16H,1-4,9-13H2. The Balaban J connectivity index is 1.57. The fraction of sp³-hybridized carbons (Fsp3) is 0.625. The molecule has 0 N–H and O–H groups in total. The van der Waals surface area contributed by atoms with Crippen LogP contribution >= 0.6 is 15.9 Å². The summed E-state index contributed by atoms with van der Waals surface area (Å²) in [4.78, 5) is 5.34. The van der Waals surface area contributed by atoms with E-state index in [0.717, 1.165) is 12.6 Å². The van der Waals surface area contributed by atoms with Crippen LogP contribution in [0.2, 0.25) is 0 Å². The van der Waals surface area contributed by atoms with Crippen LogP contribution in [0.15, 0.2) is 28.7 Å². The van der Waals surface area contributed by atoms with Gasteiger partial charge < -0.3 is 4.90 Å². The molecule has 0 spiro atoms. The van der Waals surface area contributed by atoms with Gasteiger partial charge in [0.15, 0.2) is 0 Å². The third-order valence-electron chi connectivity index (χ3n) is 4.47. The van der Waals surface area contributed by atoms with Crippen LogP contribution in [0, 0.1) is 0 Å². The Kier molecular flexibility index (Phi) is 4.57. The molecular formula is C16H23BrN2. The smallest absolute Gasteiger partial charge is 0.0237 e. The summed E-state index contributed by atoms with van der Waals surface area (Å²) in [5, 5.41) is 0. The van der Waals surface area contributed by atoms with E-state index in [2.05, 4.69) is 50.0 Å². The van der Waals surface area contributed by atoms with Gasteiger partial charge in [-0.25, -0.2) is 0 Å². The molecule has 19 heavy (non-hydrogen) atoms. The second kappa shape index (κ2) is 6.38. The molecule has 104 valence electrons. The van der Waals surface area contributed by atoms with Crippen LogP contribution in [-0.2, 0) is 6.54 Å². The lowest BCUT2D eigenvalue weighted by Gasteiger charge is -2.28. The Labute approximate surface area is 124 Å². The van der Waals surface area contributed by atoms with E-state index in [-0.39, 0.29) is 0 Å². The lowest BCUT2D eigenvalue weighted by Crippen LogP contribution is -2.38. The Bertz CT molecular complexity index is 398. The molecule has 1 unspecified atom stereocenters. The van der Waals surface area contributed by atoms with Crippen LogP contribution in [0.5, 0.6) is 0 Å². The third-order valence-corrected chi connectivity index (χ3v) is 4.99. The molecule has 3 heteroatoms. The summed E-state index contributed by atoms with van der Waals surface area (Å²) in [6, 6.07) is 9.58. The van der Waals surface area contributed by atoms with Gasteiger partial charge in [0, 0.05) is 23.6 Å². The van der Waals surface area contributed by atoms with E-state index in [1.807, 2.05) is 0 Å². The molecule has 3 rings (SSSR count). The summed E-state index contributed by atoms with van der Waals surface area (Å²) in [5.74, 6) is 0. The molecule has 0 amide bonds. The summed E-state index contributed by atoms with van der Waals surface area (Å²) in [5.41, 5.74) is 1.44. The molecule has 0 aromatic heterocycles. The molecule has 2 saturated heterocycles. The third kappa shape index (κ3) is 3.59. The summed E-state index contributed by atoms with van der Waals surface area (Å²) in [6.45, 7) is 6.32. The average molecular weight is 323 g/mol. The van der Waals surface area contributed by atoms with Crippen LogP contribution in [0.4, 0.5) is 0 Å². The van der Waals surface area contributed by atoms with Crippen LogP contribution in [0.3, 0.4) is 0 Å². The molecule has 1 aromatic carbocycles. The van der Waals surface area contributed by atoms with Crippen LogP contribution in [0.25, 0.3) is 0 Å². The number of halogens is 1. The number of hydrogen-bond donors (Lipinski definition) is 0. The normalized spacial score (nSPS) is 25.2. The molecule has 2 heterocycles. The molecule has 2 fully saturated rings. The molecule has 0 radical (unpaired) electrons. The quantitative estimate of drug-likeness (QED) is 0.837. The van der Waals surface area contributed by atoms with Crippen molar-refractivity contribution in [1.82, 2.24) is 9.80 Å². The number of benzene rings is 1. The van der Waals surface area contributed by atoms with Crippen molar-refractivity contribution in [2.45, 2.75) is 38.3 Å². The molecule has 0 aliphatic carbocycles. The molecule has 0 bridgehead atoms. The van der Waals surface area contributed by atoms with Crippen molar-refractivity contribution in [2.24, 2.45) is 0 Å². The number of hydrogen-bond acceptors (Lipinski definition) is 2. The van der Waals surface area contributed by atoms with E-state index in [9.17, 15) is 0 Å². The highest BCUT2D eigenvalue weighted by atomic mass is 79.9. The lowest BCUT2D eigenvalue weighted by atomic mass is 10.1. The monoisotopic (exact) mass is 322 g/mol. The maximum absolute atomic E-state index is 3.51. The second-order valence-electron chi connectivity index (χ2n) is 5.90. The van der Waals surface area contributed by atoms with Gasteiger partial charge in [0.05, 0.1) is 0 Å². The van der Waals surface area contributed by atoms with Gasteiger partial charge in [-0.05, 0) is 63.0 Å². The molecule has 2 aliphatic heterocycles. The Morgan fingerprint density at radius 3 is 2.47 bits per heavy atom. The van der Waals surface area contributed by atoms with E-state index in [1.165, 1.54) is 61.9 Å². The van der Waals surface area contributed by atoms with E-state index >= 15 is 0 Å². The van der Waals surface area contributed by atoms with Gasteiger partial charge in [-0.3, -0.25) is 4.90 Å². The van der Waals surface area contributed by atoms with Crippen molar-refractivity contribution in [1.29, 1.82) is 0 Å². The first kappa shape index (κ1) is 13.6. The van der Waals surface area contributed by atoms with Gasteiger partial charge in [-0.2, -0.15) is 0 Å². The van der Waals surface area contributed by atoms with Gasteiger partial charge in [-0.15, -0.1) is 0 Å². The molecule has 1 aromatic rings. The van der Waals surface area contributed by atoms with Gasteiger partial charge in [0.25, 0.3) is 0 Å². The van der Waals surface area contributed by atoms with Crippen molar-refractivity contribution in [3.8, 4) is 0 Å². The van der Waals surface area contributed by atoms with Crippen LogP contribution < -0.4 is 0 Å². The first-order chi connectivity index (χ1) is 9.31. The first-order valence-corrected chi connectivity index (χ1v) is 8.31. The fourth-order valence-electron chi connectivity index (χ4n) is 3.40. The Morgan fingerprint density at radius 1 is 1.00 bits per heavy atom. The van der Waals surface area contributed by atoms with Gasteiger partial charge in [0.1, 0.15) is 0 Å². The maximum atomic E-state index is 3.51. The van der Waals surface area contributed by atoms with Crippen molar-refractivity contribution in [2.75, 3.05) is 26.2 Å².